The Balaban J connectivity index is 3.01. The summed E-state index contributed by atoms with van der Waals surface area (Å²) in [5.74, 6) is 6.30. The number of rotatable bonds is 4. The molecular weight excluding hydrogens is 214 g/mol. The van der Waals surface area contributed by atoms with Gasteiger partial charge in [0.2, 0.25) is 5.95 Å². The highest BCUT2D eigenvalue weighted by atomic mass is 35.5. The van der Waals surface area contributed by atoms with E-state index in [1.807, 2.05) is 11.9 Å². The number of nitrogens with zero attached hydrogens (tertiary/aromatic N) is 3. The first kappa shape index (κ1) is 12.0. The molecule has 6 heteroatoms. The van der Waals surface area contributed by atoms with E-state index in [1.54, 1.807) is 0 Å². The van der Waals surface area contributed by atoms with Crippen LogP contribution in [0.2, 0.25) is 5.02 Å². The topological polar surface area (TPSA) is 67.1 Å². The van der Waals surface area contributed by atoms with Crippen molar-refractivity contribution >= 4 is 23.4 Å². The number of aromatic nitrogens is 2. The summed E-state index contributed by atoms with van der Waals surface area (Å²) in [5, 5.41) is 0.525. The molecule has 0 radical (unpaired) electrons. The third-order valence-electron chi connectivity index (χ3n) is 2.44. The SMILES string of the molecule is CCC(C)N(C)c1nc(NN)ncc1Cl. The smallest absolute Gasteiger partial charge is 0.239 e. The number of anilines is 2. The molecule has 0 fully saturated rings. The highest BCUT2D eigenvalue weighted by Gasteiger charge is 2.14. The molecule has 1 aromatic heterocycles. The molecule has 0 bridgehead atoms. The molecule has 0 saturated carbocycles. The average molecular weight is 230 g/mol. The Hall–Kier alpha value is -1.07. The lowest BCUT2D eigenvalue weighted by Crippen LogP contribution is -2.29. The first-order valence-corrected chi connectivity index (χ1v) is 5.20. The molecule has 0 aromatic carbocycles. The number of nitrogens with two attached hydrogens (primary N) is 1. The van der Waals surface area contributed by atoms with Gasteiger partial charge in [-0.15, -0.1) is 0 Å². The van der Waals surface area contributed by atoms with Crippen molar-refractivity contribution in [3.8, 4) is 0 Å². The van der Waals surface area contributed by atoms with Crippen LogP contribution in [0.1, 0.15) is 20.3 Å². The molecule has 1 rings (SSSR count). The van der Waals surface area contributed by atoms with Crippen LogP contribution in [0.5, 0.6) is 0 Å². The number of hydrazine groups is 1. The monoisotopic (exact) mass is 229 g/mol. The number of halogens is 1. The number of hydrogen-bond acceptors (Lipinski definition) is 5. The Morgan fingerprint density at radius 3 is 2.87 bits per heavy atom. The van der Waals surface area contributed by atoms with Gasteiger partial charge in [-0.25, -0.2) is 10.8 Å². The zero-order valence-electron chi connectivity index (χ0n) is 9.16. The van der Waals surface area contributed by atoms with Crippen molar-refractivity contribution in [2.75, 3.05) is 17.4 Å². The van der Waals surface area contributed by atoms with Crippen molar-refractivity contribution in [3.05, 3.63) is 11.2 Å². The van der Waals surface area contributed by atoms with Crippen LogP contribution in [0.25, 0.3) is 0 Å². The number of nitrogens with one attached hydrogen (secondary N) is 1. The fourth-order valence-corrected chi connectivity index (χ4v) is 1.38. The van der Waals surface area contributed by atoms with Crippen molar-refractivity contribution in [1.29, 1.82) is 0 Å². The molecule has 0 spiro atoms. The number of hydrogen-bond donors (Lipinski definition) is 2. The predicted octanol–water partition coefficient (Wildman–Crippen LogP) is 1.65. The minimum absolute atomic E-state index is 0.364. The Morgan fingerprint density at radius 1 is 1.67 bits per heavy atom. The molecule has 0 aliphatic carbocycles. The summed E-state index contributed by atoms with van der Waals surface area (Å²) in [6.45, 7) is 4.21. The van der Waals surface area contributed by atoms with E-state index in [1.165, 1.54) is 6.20 Å². The molecule has 0 aliphatic heterocycles. The summed E-state index contributed by atoms with van der Waals surface area (Å²) in [4.78, 5) is 10.1. The Bertz CT molecular complexity index is 330. The van der Waals surface area contributed by atoms with Crippen molar-refractivity contribution in [1.82, 2.24) is 9.97 Å². The lowest BCUT2D eigenvalue weighted by atomic mass is 10.2. The second-order valence-electron chi connectivity index (χ2n) is 3.38. The highest BCUT2D eigenvalue weighted by Crippen LogP contribution is 2.24. The molecule has 1 unspecified atom stereocenters. The molecule has 3 N–H and O–H groups in total. The third-order valence-corrected chi connectivity index (χ3v) is 2.71. The van der Waals surface area contributed by atoms with E-state index >= 15 is 0 Å². The van der Waals surface area contributed by atoms with Crippen LogP contribution in [0.15, 0.2) is 6.20 Å². The van der Waals surface area contributed by atoms with E-state index in [-0.39, 0.29) is 0 Å². The third kappa shape index (κ3) is 2.70. The minimum atomic E-state index is 0.364. The first-order chi connectivity index (χ1) is 7.10. The van der Waals surface area contributed by atoms with Gasteiger partial charge in [0.05, 0.1) is 6.20 Å². The molecule has 1 heterocycles. The Morgan fingerprint density at radius 2 is 2.33 bits per heavy atom. The maximum absolute atomic E-state index is 6.01. The second kappa shape index (κ2) is 5.14. The largest absolute Gasteiger partial charge is 0.356 e. The van der Waals surface area contributed by atoms with Gasteiger partial charge in [0.15, 0.2) is 5.82 Å². The van der Waals surface area contributed by atoms with E-state index in [4.69, 9.17) is 17.4 Å². The molecule has 84 valence electrons. The van der Waals surface area contributed by atoms with Crippen LogP contribution < -0.4 is 16.2 Å². The van der Waals surface area contributed by atoms with Crippen LogP contribution in [0.4, 0.5) is 11.8 Å². The standard InChI is InChI=1S/C9H16ClN5/c1-4-6(2)15(3)8-7(10)5-12-9(13-8)14-11/h5-6H,4,11H2,1-3H3,(H,12,13,14). The van der Waals surface area contributed by atoms with E-state index in [2.05, 4.69) is 29.2 Å². The molecule has 1 atom stereocenters. The fourth-order valence-electron chi connectivity index (χ4n) is 1.16. The zero-order valence-corrected chi connectivity index (χ0v) is 9.91. The van der Waals surface area contributed by atoms with Crippen molar-refractivity contribution < 1.29 is 0 Å². The fraction of sp³-hybridized carbons (Fsp3) is 0.556. The summed E-state index contributed by atoms with van der Waals surface area (Å²) in [6, 6.07) is 0.364. The molecule has 0 saturated heterocycles. The summed E-state index contributed by atoms with van der Waals surface area (Å²) in [6.07, 6.45) is 2.56. The van der Waals surface area contributed by atoms with E-state index in [9.17, 15) is 0 Å². The molecular formula is C9H16ClN5. The van der Waals surface area contributed by atoms with Crippen LogP contribution in [0.3, 0.4) is 0 Å². The maximum Gasteiger partial charge on any atom is 0.239 e. The van der Waals surface area contributed by atoms with E-state index in [0.29, 0.717) is 22.8 Å². The van der Waals surface area contributed by atoms with Crippen LogP contribution in [-0.4, -0.2) is 23.1 Å². The summed E-state index contributed by atoms with van der Waals surface area (Å²) >= 11 is 6.01. The van der Waals surface area contributed by atoms with Gasteiger partial charge in [0.25, 0.3) is 0 Å². The molecule has 1 aromatic rings. The van der Waals surface area contributed by atoms with Gasteiger partial charge in [-0.1, -0.05) is 18.5 Å². The quantitative estimate of drug-likeness (QED) is 0.607. The molecule has 15 heavy (non-hydrogen) atoms. The summed E-state index contributed by atoms with van der Waals surface area (Å²) < 4.78 is 0. The lowest BCUT2D eigenvalue weighted by molar-refractivity contribution is 0.656. The van der Waals surface area contributed by atoms with Gasteiger partial charge in [-0.3, -0.25) is 5.43 Å². The van der Waals surface area contributed by atoms with Crippen molar-refractivity contribution in [2.45, 2.75) is 26.3 Å². The van der Waals surface area contributed by atoms with Crippen LogP contribution in [0, 0.1) is 0 Å². The van der Waals surface area contributed by atoms with Gasteiger partial charge in [-0.05, 0) is 13.3 Å². The predicted molar refractivity (Wildman–Crippen MR) is 63.0 cm³/mol. The van der Waals surface area contributed by atoms with Gasteiger partial charge in [-0.2, -0.15) is 4.98 Å². The van der Waals surface area contributed by atoms with Gasteiger partial charge >= 0.3 is 0 Å². The summed E-state index contributed by atoms with van der Waals surface area (Å²) in [5.41, 5.74) is 2.40. The van der Waals surface area contributed by atoms with Crippen LogP contribution in [-0.2, 0) is 0 Å². The normalized spacial score (nSPS) is 12.3. The average Bonchev–Trinajstić information content (AvgIpc) is 2.27. The van der Waals surface area contributed by atoms with Gasteiger partial charge in [0.1, 0.15) is 5.02 Å². The Kier molecular flexibility index (Phi) is 4.11. The van der Waals surface area contributed by atoms with Crippen LogP contribution >= 0.6 is 11.6 Å². The van der Waals surface area contributed by atoms with Gasteiger partial charge in [0, 0.05) is 13.1 Å². The summed E-state index contributed by atoms with van der Waals surface area (Å²) in [7, 11) is 1.95. The minimum Gasteiger partial charge on any atom is -0.356 e. The second-order valence-corrected chi connectivity index (χ2v) is 3.78. The number of nitrogen functional groups attached to an aromatic ring is 1. The highest BCUT2D eigenvalue weighted by molar-refractivity contribution is 6.32. The van der Waals surface area contributed by atoms with Crippen molar-refractivity contribution in [2.24, 2.45) is 5.84 Å². The van der Waals surface area contributed by atoms with Crippen molar-refractivity contribution in [3.63, 3.8) is 0 Å². The maximum atomic E-state index is 6.01. The molecule has 5 nitrogen and oxygen atoms in total. The zero-order chi connectivity index (χ0) is 11.4. The Labute approximate surface area is 94.6 Å². The first-order valence-electron chi connectivity index (χ1n) is 4.82. The van der Waals surface area contributed by atoms with E-state index in [0.717, 1.165) is 6.42 Å². The molecule has 0 amide bonds. The lowest BCUT2D eigenvalue weighted by Gasteiger charge is -2.25. The molecule has 0 aliphatic rings. The van der Waals surface area contributed by atoms with Gasteiger partial charge < -0.3 is 4.90 Å². The van der Waals surface area contributed by atoms with E-state index < -0.39 is 0 Å².